The van der Waals surface area contributed by atoms with Crippen molar-refractivity contribution in [2.24, 2.45) is 5.92 Å². The van der Waals surface area contributed by atoms with E-state index in [1.165, 1.54) is 6.92 Å². The van der Waals surface area contributed by atoms with Crippen LogP contribution in [0.1, 0.15) is 38.0 Å². The van der Waals surface area contributed by atoms with E-state index < -0.39 is 47.6 Å². The third kappa shape index (κ3) is 5.70. The highest BCUT2D eigenvalue weighted by Gasteiger charge is 2.60. The van der Waals surface area contributed by atoms with Gasteiger partial charge in [0, 0.05) is 0 Å². The lowest BCUT2D eigenvalue weighted by atomic mass is 9.85. The van der Waals surface area contributed by atoms with Crippen molar-refractivity contribution in [3.8, 4) is 0 Å². The summed E-state index contributed by atoms with van der Waals surface area (Å²) in [6.45, 7) is 4.76. The van der Waals surface area contributed by atoms with E-state index in [1.54, 1.807) is 91.0 Å². The zero-order valence-corrected chi connectivity index (χ0v) is 20.1. The summed E-state index contributed by atoms with van der Waals surface area (Å²) in [5.74, 6) is -3.63. The number of benzene rings is 3. The van der Waals surface area contributed by atoms with Crippen molar-refractivity contribution >= 4 is 17.9 Å². The van der Waals surface area contributed by atoms with E-state index in [9.17, 15) is 19.5 Å². The topological polar surface area (TPSA) is 108 Å². The van der Waals surface area contributed by atoms with Crippen molar-refractivity contribution in [2.75, 3.05) is 6.61 Å². The van der Waals surface area contributed by atoms with Crippen LogP contribution in [0.4, 0.5) is 0 Å². The summed E-state index contributed by atoms with van der Waals surface area (Å²) < 4.78 is 22.8. The Bertz CT molecular complexity index is 1260. The Morgan fingerprint density at radius 1 is 0.811 bits per heavy atom. The van der Waals surface area contributed by atoms with Gasteiger partial charge in [-0.3, -0.25) is 0 Å². The van der Waals surface area contributed by atoms with E-state index in [-0.39, 0.29) is 17.7 Å². The summed E-state index contributed by atoms with van der Waals surface area (Å²) in [4.78, 5) is 38.4. The second-order valence-electron chi connectivity index (χ2n) is 8.64. The first-order chi connectivity index (χ1) is 17.8. The lowest BCUT2D eigenvalue weighted by Crippen LogP contribution is -2.48. The third-order valence-electron chi connectivity index (χ3n) is 6.12. The third-order valence-corrected chi connectivity index (χ3v) is 6.12. The summed E-state index contributed by atoms with van der Waals surface area (Å²) in [6, 6.07) is 24.8. The van der Waals surface area contributed by atoms with Crippen molar-refractivity contribution in [3.63, 3.8) is 0 Å². The average molecular weight is 503 g/mol. The molecule has 8 heteroatoms. The number of aliphatic hydroxyl groups is 1. The highest BCUT2D eigenvalue weighted by atomic mass is 16.7. The van der Waals surface area contributed by atoms with Crippen LogP contribution in [0.15, 0.2) is 103 Å². The smallest absolute Gasteiger partial charge is 0.340 e. The predicted molar refractivity (Wildman–Crippen MR) is 133 cm³/mol. The van der Waals surface area contributed by atoms with Crippen LogP contribution in [0.25, 0.3) is 0 Å². The highest BCUT2D eigenvalue weighted by Crippen LogP contribution is 2.44. The fourth-order valence-electron chi connectivity index (χ4n) is 4.15. The van der Waals surface area contributed by atoms with Crippen LogP contribution >= 0.6 is 0 Å². The molecule has 0 radical (unpaired) electrons. The highest BCUT2D eigenvalue weighted by molar-refractivity contribution is 5.90. The fraction of sp³-hybridized carbons (Fsp3) is 0.207. The van der Waals surface area contributed by atoms with Gasteiger partial charge in [0.2, 0.25) is 6.29 Å². The van der Waals surface area contributed by atoms with E-state index in [4.69, 9.17) is 18.9 Å². The Morgan fingerprint density at radius 2 is 1.27 bits per heavy atom. The van der Waals surface area contributed by atoms with Gasteiger partial charge in [-0.05, 0) is 43.3 Å². The molecule has 4 atom stereocenters. The Balaban J connectivity index is 1.61. The minimum atomic E-state index is -1.61. The monoisotopic (exact) mass is 502 g/mol. The molecular weight excluding hydrogens is 476 g/mol. The first-order valence-corrected chi connectivity index (χ1v) is 11.6. The molecule has 4 rings (SSSR count). The number of ether oxygens (including phenoxy) is 4. The molecule has 3 aromatic rings. The summed E-state index contributed by atoms with van der Waals surface area (Å²) in [6.07, 6.45) is -2.48. The Morgan fingerprint density at radius 3 is 1.76 bits per heavy atom. The second kappa shape index (κ2) is 11.1. The summed E-state index contributed by atoms with van der Waals surface area (Å²) >= 11 is 0. The van der Waals surface area contributed by atoms with E-state index in [2.05, 4.69) is 6.58 Å². The first kappa shape index (κ1) is 25.7. The molecule has 0 aliphatic carbocycles. The second-order valence-corrected chi connectivity index (χ2v) is 8.64. The molecule has 0 spiro atoms. The molecule has 0 aromatic heterocycles. The van der Waals surface area contributed by atoms with Crippen LogP contribution in [-0.4, -0.2) is 47.6 Å². The van der Waals surface area contributed by atoms with Gasteiger partial charge in [0.25, 0.3) is 0 Å². The summed E-state index contributed by atoms with van der Waals surface area (Å²) in [5, 5.41) is 10.5. The zero-order valence-electron chi connectivity index (χ0n) is 20.1. The van der Waals surface area contributed by atoms with Crippen LogP contribution in [0.5, 0.6) is 0 Å². The molecule has 1 heterocycles. The maximum Gasteiger partial charge on any atom is 0.340 e. The molecule has 0 amide bonds. The van der Waals surface area contributed by atoms with Gasteiger partial charge in [0.05, 0.1) is 22.4 Å². The van der Waals surface area contributed by atoms with E-state index in [0.717, 1.165) is 0 Å². The van der Waals surface area contributed by atoms with E-state index >= 15 is 0 Å². The standard InChI is InChI=1S/C29H26O8/c1-19(30)24-28(36-26(32)21-14-8-4-9-15-21)35-23(18-34-25(31)20-12-6-3-7-13-20)29(24,2)37-27(33)22-16-10-5-11-17-22/h3-17,23-24,28,30H,1,18H2,2H3/t23-,24+,28?,29-/m1/s1. The summed E-state index contributed by atoms with van der Waals surface area (Å²) in [5.41, 5.74) is -0.776. The molecule has 37 heavy (non-hydrogen) atoms. The number of carbonyl (C=O) groups excluding carboxylic acids is 3. The van der Waals surface area contributed by atoms with Gasteiger partial charge >= 0.3 is 17.9 Å². The molecule has 1 unspecified atom stereocenters. The number of rotatable bonds is 8. The lowest BCUT2D eigenvalue weighted by molar-refractivity contribution is -0.129. The van der Waals surface area contributed by atoms with Crippen molar-refractivity contribution in [1.29, 1.82) is 0 Å². The number of aliphatic hydroxyl groups excluding tert-OH is 1. The Labute approximate surface area is 214 Å². The van der Waals surface area contributed by atoms with Crippen LogP contribution in [0, 0.1) is 5.92 Å². The van der Waals surface area contributed by atoms with Crippen molar-refractivity contribution in [3.05, 3.63) is 120 Å². The quantitative estimate of drug-likeness (QED) is 0.268. The van der Waals surface area contributed by atoms with Gasteiger partial charge in [-0.2, -0.15) is 0 Å². The number of esters is 3. The molecule has 0 bridgehead atoms. The van der Waals surface area contributed by atoms with E-state index in [0.29, 0.717) is 5.56 Å². The predicted octanol–water partition coefficient (Wildman–Crippen LogP) is 4.73. The van der Waals surface area contributed by atoms with E-state index in [1.807, 2.05) is 0 Å². The minimum Gasteiger partial charge on any atom is -0.512 e. The van der Waals surface area contributed by atoms with Crippen LogP contribution in [0.2, 0.25) is 0 Å². The Hall–Kier alpha value is -4.43. The van der Waals surface area contributed by atoms with Gasteiger partial charge in [-0.1, -0.05) is 61.2 Å². The maximum absolute atomic E-state index is 13.0. The zero-order chi connectivity index (χ0) is 26.4. The normalized spacial score (nSPS) is 22.6. The maximum atomic E-state index is 13.0. The van der Waals surface area contributed by atoms with Gasteiger partial charge in [-0.15, -0.1) is 0 Å². The van der Waals surface area contributed by atoms with Gasteiger partial charge in [0.15, 0.2) is 5.60 Å². The van der Waals surface area contributed by atoms with Crippen LogP contribution in [0.3, 0.4) is 0 Å². The molecule has 1 aliphatic rings. The molecule has 1 fully saturated rings. The summed E-state index contributed by atoms with van der Waals surface area (Å²) in [7, 11) is 0. The van der Waals surface area contributed by atoms with Crippen molar-refractivity contribution in [1.82, 2.24) is 0 Å². The largest absolute Gasteiger partial charge is 0.512 e. The molecule has 1 N–H and O–H groups in total. The number of hydrogen-bond donors (Lipinski definition) is 1. The molecule has 1 saturated heterocycles. The fourth-order valence-corrected chi connectivity index (χ4v) is 4.15. The number of carbonyl (C=O) groups is 3. The van der Waals surface area contributed by atoms with Gasteiger partial charge < -0.3 is 24.1 Å². The molecule has 190 valence electrons. The van der Waals surface area contributed by atoms with Crippen molar-refractivity contribution in [2.45, 2.75) is 24.9 Å². The molecular formula is C29H26O8. The SMILES string of the molecule is C=C(O)[C@H]1C(OC(=O)c2ccccc2)O[C@H](COC(=O)c2ccccc2)[C@@]1(C)OC(=O)c1ccccc1. The number of hydrogen-bond acceptors (Lipinski definition) is 8. The minimum absolute atomic E-state index is 0.260. The molecule has 1 aliphatic heterocycles. The lowest BCUT2D eigenvalue weighted by Gasteiger charge is -2.33. The van der Waals surface area contributed by atoms with Crippen LogP contribution < -0.4 is 0 Å². The first-order valence-electron chi connectivity index (χ1n) is 11.6. The molecule has 3 aromatic carbocycles. The van der Waals surface area contributed by atoms with Gasteiger partial charge in [-0.25, -0.2) is 14.4 Å². The molecule has 8 nitrogen and oxygen atoms in total. The molecule has 0 saturated carbocycles. The van der Waals surface area contributed by atoms with Gasteiger partial charge in [0.1, 0.15) is 18.6 Å². The van der Waals surface area contributed by atoms with Crippen molar-refractivity contribution < 1.29 is 38.4 Å². The average Bonchev–Trinajstić information content (AvgIpc) is 3.18. The van der Waals surface area contributed by atoms with Crippen LogP contribution in [-0.2, 0) is 18.9 Å². The Kier molecular flexibility index (Phi) is 7.69.